The zero-order valence-electron chi connectivity index (χ0n) is 15.5. The molecule has 0 bridgehead atoms. The van der Waals surface area contributed by atoms with Crippen molar-refractivity contribution in [1.82, 2.24) is 0 Å². The van der Waals surface area contributed by atoms with E-state index in [0.717, 1.165) is 5.69 Å². The fraction of sp³-hybridized carbons (Fsp3) is 0.300. The molecule has 0 spiro atoms. The van der Waals surface area contributed by atoms with Gasteiger partial charge in [-0.25, -0.2) is 0 Å². The molecular weight excluding hydrogens is 384 g/mol. The van der Waals surface area contributed by atoms with Crippen LogP contribution in [0.3, 0.4) is 0 Å². The molecule has 0 aliphatic rings. The van der Waals surface area contributed by atoms with Gasteiger partial charge in [-0.2, -0.15) is 0 Å². The molecule has 2 rings (SSSR count). The highest BCUT2D eigenvalue weighted by Crippen LogP contribution is 2.27. The number of ether oxygens (including phenoxy) is 1. The number of thioether (sulfide) groups is 1. The first-order valence-corrected chi connectivity index (χ1v) is 10.0. The largest absolute Gasteiger partial charge is 0.495 e. The minimum absolute atomic E-state index is 0.141. The normalized spacial score (nSPS) is 10.6. The maximum atomic E-state index is 12.0. The number of halogens is 1. The SMILES string of the molecule is COc1ccc(NC(=O)CSCC(=O)Nc2ccc(C(C)C)cc2)cc1Cl. The second-order valence-electron chi connectivity index (χ2n) is 6.22. The average Bonchev–Trinajstić information content (AvgIpc) is 2.62. The highest BCUT2D eigenvalue weighted by molar-refractivity contribution is 8.00. The lowest BCUT2D eigenvalue weighted by Crippen LogP contribution is -2.18. The Hall–Kier alpha value is -2.18. The van der Waals surface area contributed by atoms with E-state index in [4.69, 9.17) is 16.3 Å². The van der Waals surface area contributed by atoms with E-state index in [-0.39, 0.29) is 23.3 Å². The van der Waals surface area contributed by atoms with E-state index in [9.17, 15) is 9.59 Å². The number of nitrogens with one attached hydrogen (secondary N) is 2. The van der Waals surface area contributed by atoms with Crippen LogP contribution in [0.4, 0.5) is 11.4 Å². The van der Waals surface area contributed by atoms with E-state index in [2.05, 4.69) is 24.5 Å². The monoisotopic (exact) mass is 406 g/mol. The van der Waals surface area contributed by atoms with E-state index in [1.807, 2.05) is 24.3 Å². The summed E-state index contributed by atoms with van der Waals surface area (Å²) in [7, 11) is 1.53. The van der Waals surface area contributed by atoms with Crippen LogP contribution in [0.15, 0.2) is 42.5 Å². The number of carbonyl (C=O) groups excluding carboxylic acids is 2. The zero-order valence-corrected chi connectivity index (χ0v) is 17.1. The van der Waals surface area contributed by atoms with Crippen molar-refractivity contribution in [3.8, 4) is 5.75 Å². The summed E-state index contributed by atoms with van der Waals surface area (Å²) in [6.07, 6.45) is 0. The van der Waals surface area contributed by atoms with Gasteiger partial charge in [0.05, 0.1) is 23.6 Å². The molecule has 0 saturated carbocycles. The second-order valence-corrected chi connectivity index (χ2v) is 7.61. The van der Waals surface area contributed by atoms with Crippen LogP contribution < -0.4 is 15.4 Å². The molecule has 2 aromatic carbocycles. The summed E-state index contributed by atoms with van der Waals surface area (Å²) in [4.78, 5) is 24.0. The molecule has 0 aromatic heterocycles. The van der Waals surface area contributed by atoms with Gasteiger partial charge < -0.3 is 15.4 Å². The summed E-state index contributed by atoms with van der Waals surface area (Å²) < 4.78 is 5.07. The molecule has 5 nitrogen and oxygen atoms in total. The predicted molar refractivity (Wildman–Crippen MR) is 113 cm³/mol. The van der Waals surface area contributed by atoms with E-state index in [1.54, 1.807) is 18.2 Å². The Kier molecular flexibility index (Phi) is 8.00. The van der Waals surface area contributed by atoms with Crippen molar-refractivity contribution in [3.63, 3.8) is 0 Å². The fourth-order valence-corrected chi connectivity index (χ4v) is 3.20. The van der Waals surface area contributed by atoms with Crippen LogP contribution in [0.25, 0.3) is 0 Å². The maximum absolute atomic E-state index is 12.0. The van der Waals surface area contributed by atoms with Gasteiger partial charge in [-0.1, -0.05) is 37.6 Å². The van der Waals surface area contributed by atoms with Crippen molar-refractivity contribution in [2.75, 3.05) is 29.2 Å². The van der Waals surface area contributed by atoms with Gasteiger partial charge in [0.15, 0.2) is 0 Å². The highest BCUT2D eigenvalue weighted by atomic mass is 35.5. The molecular formula is C20H23ClN2O3S. The van der Waals surface area contributed by atoms with Gasteiger partial charge in [-0.05, 0) is 41.8 Å². The summed E-state index contributed by atoms with van der Waals surface area (Å²) >= 11 is 7.27. The summed E-state index contributed by atoms with van der Waals surface area (Å²) in [6.45, 7) is 4.24. The second kappa shape index (κ2) is 10.2. The third-order valence-corrected chi connectivity index (χ3v) is 4.99. The topological polar surface area (TPSA) is 67.4 Å². The van der Waals surface area contributed by atoms with E-state index in [0.29, 0.717) is 22.4 Å². The number of carbonyl (C=O) groups is 2. The van der Waals surface area contributed by atoms with Crippen molar-refractivity contribution in [1.29, 1.82) is 0 Å². The Labute approximate surface area is 168 Å². The molecule has 0 heterocycles. The summed E-state index contributed by atoms with van der Waals surface area (Å²) in [5.74, 6) is 1.02. The molecule has 0 saturated heterocycles. The summed E-state index contributed by atoms with van der Waals surface area (Å²) in [6, 6.07) is 12.8. The molecule has 27 heavy (non-hydrogen) atoms. The van der Waals surface area contributed by atoms with Gasteiger partial charge in [-0.3, -0.25) is 9.59 Å². The molecule has 7 heteroatoms. The highest BCUT2D eigenvalue weighted by Gasteiger charge is 2.08. The number of benzene rings is 2. The first-order chi connectivity index (χ1) is 12.9. The average molecular weight is 407 g/mol. The Morgan fingerprint density at radius 1 is 1.00 bits per heavy atom. The van der Waals surface area contributed by atoms with Gasteiger partial charge >= 0.3 is 0 Å². The Bertz CT molecular complexity index is 794. The lowest BCUT2D eigenvalue weighted by atomic mass is 10.0. The first-order valence-electron chi connectivity index (χ1n) is 8.50. The summed E-state index contributed by atoms with van der Waals surface area (Å²) in [5, 5.41) is 5.99. The number of hydrogen-bond acceptors (Lipinski definition) is 4. The van der Waals surface area contributed by atoms with Crippen molar-refractivity contribution >= 4 is 46.6 Å². The van der Waals surface area contributed by atoms with E-state index < -0.39 is 0 Å². The van der Waals surface area contributed by atoms with Crippen LogP contribution in [0.1, 0.15) is 25.3 Å². The van der Waals surface area contributed by atoms with Crippen molar-refractivity contribution < 1.29 is 14.3 Å². The number of anilines is 2. The van der Waals surface area contributed by atoms with Gasteiger partial charge in [0.25, 0.3) is 0 Å². The van der Waals surface area contributed by atoms with Gasteiger partial charge in [0.1, 0.15) is 5.75 Å². The van der Waals surface area contributed by atoms with Gasteiger partial charge in [0.2, 0.25) is 11.8 Å². The molecule has 2 N–H and O–H groups in total. The Balaban J connectivity index is 1.74. The zero-order chi connectivity index (χ0) is 19.8. The number of hydrogen-bond donors (Lipinski definition) is 2. The number of amides is 2. The van der Waals surface area contributed by atoms with E-state index >= 15 is 0 Å². The molecule has 2 amide bonds. The lowest BCUT2D eigenvalue weighted by Gasteiger charge is -2.09. The molecule has 2 aromatic rings. The smallest absolute Gasteiger partial charge is 0.234 e. The van der Waals surface area contributed by atoms with E-state index in [1.165, 1.54) is 24.4 Å². The van der Waals surface area contributed by atoms with Crippen LogP contribution in [0.5, 0.6) is 5.75 Å². The third-order valence-electron chi connectivity index (χ3n) is 3.76. The lowest BCUT2D eigenvalue weighted by molar-refractivity contribution is -0.114. The van der Waals surface area contributed by atoms with Crippen molar-refractivity contribution in [3.05, 3.63) is 53.1 Å². The molecule has 144 valence electrons. The number of rotatable bonds is 8. The Morgan fingerprint density at radius 2 is 1.56 bits per heavy atom. The quantitative estimate of drug-likeness (QED) is 0.661. The number of methoxy groups -OCH3 is 1. The van der Waals surface area contributed by atoms with Crippen molar-refractivity contribution in [2.24, 2.45) is 0 Å². The minimum atomic E-state index is -0.199. The molecule has 0 aliphatic carbocycles. The first kappa shape index (κ1) is 21.1. The van der Waals surface area contributed by atoms with Gasteiger partial charge in [-0.15, -0.1) is 11.8 Å². The Morgan fingerprint density at radius 3 is 2.07 bits per heavy atom. The van der Waals surface area contributed by atoms with Crippen LogP contribution >= 0.6 is 23.4 Å². The van der Waals surface area contributed by atoms with Crippen molar-refractivity contribution in [2.45, 2.75) is 19.8 Å². The standard InChI is InChI=1S/C20H23ClN2O3S/c1-13(2)14-4-6-15(7-5-14)22-19(24)11-27-12-20(25)23-16-8-9-18(26-3)17(21)10-16/h4-10,13H,11-12H2,1-3H3,(H,22,24)(H,23,25). The maximum Gasteiger partial charge on any atom is 0.234 e. The summed E-state index contributed by atoms with van der Waals surface area (Å²) in [5.41, 5.74) is 2.56. The van der Waals surface area contributed by atoms with Crippen LogP contribution in [-0.4, -0.2) is 30.4 Å². The molecule has 0 unspecified atom stereocenters. The van der Waals surface area contributed by atoms with Gasteiger partial charge in [0, 0.05) is 11.4 Å². The predicted octanol–water partition coefficient (Wildman–Crippen LogP) is 4.78. The van der Waals surface area contributed by atoms with Crippen LogP contribution in [0, 0.1) is 0 Å². The molecule has 0 atom stereocenters. The fourth-order valence-electron chi connectivity index (χ4n) is 2.33. The third kappa shape index (κ3) is 6.81. The molecule has 0 fully saturated rings. The van der Waals surface area contributed by atoms with Crippen LogP contribution in [0.2, 0.25) is 5.02 Å². The molecule has 0 aliphatic heterocycles. The van der Waals surface area contributed by atoms with Crippen LogP contribution in [-0.2, 0) is 9.59 Å². The minimum Gasteiger partial charge on any atom is -0.495 e. The molecule has 0 radical (unpaired) electrons.